The van der Waals surface area contributed by atoms with Gasteiger partial charge in [0, 0.05) is 32.2 Å². The average molecular weight is 456 g/mol. The van der Waals surface area contributed by atoms with Gasteiger partial charge in [-0.2, -0.15) is 0 Å². The minimum absolute atomic E-state index is 0.0483. The van der Waals surface area contributed by atoms with Crippen LogP contribution in [0.5, 0.6) is 0 Å². The first kappa shape index (κ1) is 23.7. The lowest BCUT2D eigenvalue weighted by Gasteiger charge is -2.43. The van der Waals surface area contributed by atoms with Crippen LogP contribution in [0.3, 0.4) is 0 Å². The van der Waals surface area contributed by atoms with E-state index in [0.717, 1.165) is 19.4 Å². The molecule has 1 aliphatic heterocycles. The number of rotatable bonds is 10. The lowest BCUT2D eigenvalue weighted by molar-refractivity contribution is -0.160. The summed E-state index contributed by atoms with van der Waals surface area (Å²) in [5.41, 5.74) is 3.54. The molecule has 0 radical (unpaired) electrons. The van der Waals surface area contributed by atoms with Crippen LogP contribution in [0.15, 0.2) is 91.0 Å². The van der Waals surface area contributed by atoms with Gasteiger partial charge in [0.05, 0.1) is 6.04 Å². The Morgan fingerprint density at radius 2 is 1.35 bits per heavy atom. The molecule has 1 N–H and O–H groups in total. The van der Waals surface area contributed by atoms with Crippen LogP contribution in [0.4, 0.5) is 0 Å². The predicted octanol–water partition coefficient (Wildman–Crippen LogP) is 3.69. The van der Waals surface area contributed by atoms with E-state index in [2.05, 4.69) is 41.7 Å². The van der Waals surface area contributed by atoms with Crippen molar-refractivity contribution in [3.05, 3.63) is 108 Å². The molecule has 0 unspecified atom stereocenters. The third-order valence-electron chi connectivity index (χ3n) is 6.50. The number of hydrogen-bond acceptors (Lipinski definition) is 3. The molecule has 0 saturated carbocycles. The number of carbonyl (C=O) groups excluding carboxylic acids is 2. The summed E-state index contributed by atoms with van der Waals surface area (Å²) in [5, 5.41) is 3.44. The Hall–Kier alpha value is -3.44. The van der Waals surface area contributed by atoms with Gasteiger partial charge in [-0.3, -0.25) is 9.59 Å². The van der Waals surface area contributed by atoms with Gasteiger partial charge in [-0.15, -0.1) is 0 Å². The van der Waals surface area contributed by atoms with Gasteiger partial charge in [0.1, 0.15) is 0 Å². The molecule has 34 heavy (non-hydrogen) atoms. The smallest absolute Gasteiger partial charge is 0.312 e. The van der Waals surface area contributed by atoms with Gasteiger partial charge in [-0.25, -0.2) is 0 Å². The summed E-state index contributed by atoms with van der Waals surface area (Å²) >= 11 is 0. The van der Waals surface area contributed by atoms with Crippen LogP contribution in [0, 0.1) is 0 Å². The second kappa shape index (κ2) is 11.6. The highest BCUT2D eigenvalue weighted by atomic mass is 16.2. The van der Waals surface area contributed by atoms with Crippen molar-refractivity contribution < 1.29 is 9.59 Å². The second-order valence-electron chi connectivity index (χ2n) is 9.00. The number of piperazine rings is 1. The molecule has 2 atom stereocenters. The van der Waals surface area contributed by atoms with Crippen molar-refractivity contribution in [3.63, 3.8) is 0 Å². The first-order chi connectivity index (χ1) is 16.6. The van der Waals surface area contributed by atoms with Crippen LogP contribution in [0.1, 0.15) is 23.6 Å². The Balaban J connectivity index is 1.44. The molecule has 1 saturated heterocycles. The maximum Gasteiger partial charge on any atom is 0.312 e. The Bertz CT molecular complexity index is 1060. The molecule has 0 aromatic heterocycles. The van der Waals surface area contributed by atoms with Crippen LogP contribution in [0.2, 0.25) is 0 Å². The van der Waals surface area contributed by atoms with Gasteiger partial charge in [0.25, 0.3) is 0 Å². The van der Waals surface area contributed by atoms with Gasteiger partial charge >= 0.3 is 11.8 Å². The molecule has 0 aliphatic carbocycles. The van der Waals surface area contributed by atoms with Crippen LogP contribution < -0.4 is 5.32 Å². The predicted molar refractivity (Wildman–Crippen MR) is 135 cm³/mol. The lowest BCUT2D eigenvalue weighted by Crippen LogP contribution is -2.63. The Morgan fingerprint density at radius 1 is 0.794 bits per heavy atom. The molecule has 0 spiro atoms. The molecule has 3 aromatic rings. The van der Waals surface area contributed by atoms with Crippen molar-refractivity contribution in [2.45, 2.75) is 38.4 Å². The van der Waals surface area contributed by atoms with E-state index in [4.69, 9.17) is 0 Å². The van der Waals surface area contributed by atoms with Crippen molar-refractivity contribution in [1.29, 1.82) is 0 Å². The first-order valence-electron chi connectivity index (χ1n) is 12.1. The minimum Gasteiger partial charge on any atom is -0.329 e. The monoisotopic (exact) mass is 455 g/mol. The number of carbonyl (C=O) groups is 2. The topological polar surface area (TPSA) is 52.6 Å². The van der Waals surface area contributed by atoms with E-state index < -0.39 is 11.8 Å². The molecule has 176 valence electrons. The first-order valence-corrected chi connectivity index (χ1v) is 12.1. The lowest BCUT2D eigenvalue weighted by atomic mass is 9.99. The summed E-state index contributed by atoms with van der Waals surface area (Å²) in [6.07, 6.45) is 1.47. The normalized spacial score (nSPS) is 17.1. The van der Waals surface area contributed by atoms with Crippen molar-refractivity contribution in [1.82, 2.24) is 15.1 Å². The molecule has 1 fully saturated rings. The molecule has 1 heterocycles. The van der Waals surface area contributed by atoms with E-state index in [1.165, 1.54) is 16.7 Å². The van der Waals surface area contributed by atoms with Crippen molar-refractivity contribution in [3.8, 4) is 0 Å². The molecular weight excluding hydrogens is 422 g/mol. The average Bonchev–Trinajstić information content (AvgIpc) is 2.87. The quantitative estimate of drug-likeness (QED) is 0.475. The summed E-state index contributed by atoms with van der Waals surface area (Å²) in [4.78, 5) is 29.9. The van der Waals surface area contributed by atoms with E-state index in [1.54, 1.807) is 9.80 Å². The zero-order valence-electron chi connectivity index (χ0n) is 19.8. The molecule has 4 rings (SSSR count). The fourth-order valence-corrected chi connectivity index (χ4v) is 4.57. The summed E-state index contributed by atoms with van der Waals surface area (Å²) in [7, 11) is 0. The number of nitrogens with one attached hydrogen (secondary N) is 1. The summed E-state index contributed by atoms with van der Waals surface area (Å²) in [6.45, 7) is 4.47. The molecule has 3 aromatic carbocycles. The zero-order valence-corrected chi connectivity index (χ0v) is 19.8. The van der Waals surface area contributed by atoms with Crippen molar-refractivity contribution in [2.24, 2.45) is 0 Å². The summed E-state index contributed by atoms with van der Waals surface area (Å²) < 4.78 is 0. The highest BCUT2D eigenvalue weighted by molar-refractivity contribution is 6.35. The SMILES string of the molecule is C[C@@H](CNCc1ccccc1)N1C[C@H](Cc2ccccc2)N(CCc2ccccc2)C(=O)C1=O. The number of benzene rings is 3. The fraction of sp³-hybridized carbons (Fsp3) is 0.310. The van der Waals surface area contributed by atoms with E-state index in [9.17, 15) is 9.59 Å². The molecule has 0 bridgehead atoms. The Morgan fingerprint density at radius 3 is 1.97 bits per heavy atom. The van der Waals surface area contributed by atoms with Crippen molar-refractivity contribution >= 4 is 11.8 Å². The van der Waals surface area contributed by atoms with E-state index >= 15 is 0 Å². The standard InChI is InChI=1S/C29H33N3O2/c1-23(20-30-21-26-15-9-4-10-16-26)32-22-27(19-25-13-7-3-8-14-25)31(28(33)29(32)34)18-17-24-11-5-2-6-12-24/h2-16,23,27,30H,17-22H2,1H3/t23-,27-/m0/s1. The van der Waals surface area contributed by atoms with Crippen LogP contribution in [0.25, 0.3) is 0 Å². The summed E-state index contributed by atoms with van der Waals surface area (Å²) in [6, 6.07) is 30.4. The van der Waals surface area contributed by atoms with Gasteiger partial charge in [-0.1, -0.05) is 91.0 Å². The van der Waals surface area contributed by atoms with E-state index in [0.29, 0.717) is 19.6 Å². The Kier molecular flexibility index (Phi) is 8.10. The van der Waals surface area contributed by atoms with Crippen LogP contribution in [-0.2, 0) is 29.0 Å². The maximum absolute atomic E-state index is 13.3. The molecule has 1 aliphatic rings. The third kappa shape index (κ3) is 6.12. The van der Waals surface area contributed by atoms with Gasteiger partial charge in [0.2, 0.25) is 0 Å². The highest BCUT2D eigenvalue weighted by Crippen LogP contribution is 2.20. The maximum atomic E-state index is 13.3. The largest absolute Gasteiger partial charge is 0.329 e. The Labute approximate surface area is 202 Å². The minimum atomic E-state index is -0.397. The van der Waals surface area contributed by atoms with Gasteiger partial charge in [0.15, 0.2) is 0 Å². The van der Waals surface area contributed by atoms with Crippen LogP contribution in [-0.4, -0.2) is 53.3 Å². The summed E-state index contributed by atoms with van der Waals surface area (Å²) in [5.74, 6) is -0.788. The fourth-order valence-electron chi connectivity index (χ4n) is 4.57. The van der Waals surface area contributed by atoms with Gasteiger partial charge in [-0.05, 0) is 36.5 Å². The number of hydrogen-bond donors (Lipinski definition) is 1. The van der Waals surface area contributed by atoms with Crippen LogP contribution >= 0.6 is 0 Å². The number of nitrogens with zero attached hydrogens (tertiary/aromatic N) is 2. The molecular formula is C29H33N3O2. The van der Waals surface area contributed by atoms with Crippen molar-refractivity contribution in [2.75, 3.05) is 19.6 Å². The highest BCUT2D eigenvalue weighted by Gasteiger charge is 2.40. The van der Waals surface area contributed by atoms with E-state index in [-0.39, 0.29) is 12.1 Å². The van der Waals surface area contributed by atoms with Gasteiger partial charge < -0.3 is 15.1 Å². The van der Waals surface area contributed by atoms with E-state index in [1.807, 2.05) is 61.5 Å². The third-order valence-corrected chi connectivity index (χ3v) is 6.50. The molecule has 2 amide bonds. The second-order valence-corrected chi connectivity index (χ2v) is 9.00. The zero-order chi connectivity index (χ0) is 23.8. The molecule has 5 nitrogen and oxygen atoms in total. The molecule has 5 heteroatoms. The number of amides is 2.